The van der Waals surface area contributed by atoms with Crippen LogP contribution >= 0.6 is 0 Å². The van der Waals surface area contributed by atoms with Gasteiger partial charge in [0.05, 0.1) is 0 Å². The minimum atomic E-state index is -0.462. The number of aromatic nitrogens is 2. The minimum absolute atomic E-state index is 0.462. The summed E-state index contributed by atoms with van der Waals surface area (Å²) in [6, 6.07) is 1.91. The summed E-state index contributed by atoms with van der Waals surface area (Å²) in [6.45, 7) is 0. The quantitative estimate of drug-likeness (QED) is 0.649. The van der Waals surface area contributed by atoms with Crippen LogP contribution in [0.4, 0.5) is 10.2 Å². The molecule has 1 fully saturated rings. The summed E-state index contributed by atoms with van der Waals surface area (Å²) in [5, 5.41) is 0. The Bertz CT molecular complexity index is 299. The number of hydrogen-bond donors (Lipinski definition) is 0. The lowest BCUT2D eigenvalue weighted by molar-refractivity contribution is 0.398. The van der Waals surface area contributed by atoms with Crippen LogP contribution in [-0.4, -0.2) is 23.1 Å². The minimum Gasteiger partial charge on any atom is -0.357 e. The van der Waals surface area contributed by atoms with Gasteiger partial charge in [0.15, 0.2) is 0 Å². The number of hydrogen-bond acceptors (Lipinski definition) is 3. The first kappa shape index (κ1) is 8.41. The molecule has 3 nitrogen and oxygen atoms in total. The average Bonchev–Trinajstić information content (AvgIpc) is 2.01. The van der Waals surface area contributed by atoms with E-state index < -0.39 is 5.95 Å². The van der Waals surface area contributed by atoms with Crippen LogP contribution in [0.25, 0.3) is 0 Å². The standard InChI is InChI=1S/C9H12FN3/c1-13(7-3-2-4-7)9-5-8(10)11-6-12-9/h5-7H,2-4H2,1H3. The number of nitrogens with zero attached hydrogens (tertiary/aromatic N) is 3. The fourth-order valence-corrected chi connectivity index (χ4v) is 1.48. The Kier molecular flexibility index (Phi) is 2.12. The summed E-state index contributed by atoms with van der Waals surface area (Å²) in [4.78, 5) is 9.46. The summed E-state index contributed by atoms with van der Waals surface area (Å²) < 4.78 is 12.7. The summed E-state index contributed by atoms with van der Waals surface area (Å²) in [5.41, 5.74) is 0. The van der Waals surface area contributed by atoms with Crippen LogP contribution in [-0.2, 0) is 0 Å². The highest BCUT2D eigenvalue weighted by Crippen LogP contribution is 2.26. The normalized spacial score (nSPS) is 16.8. The summed E-state index contributed by atoms with van der Waals surface area (Å²) in [6.07, 6.45) is 4.90. The van der Waals surface area contributed by atoms with Crippen LogP contribution in [0.5, 0.6) is 0 Å². The molecule has 0 saturated heterocycles. The molecule has 0 radical (unpaired) electrons. The zero-order valence-electron chi connectivity index (χ0n) is 7.57. The third-order valence-corrected chi connectivity index (χ3v) is 2.60. The van der Waals surface area contributed by atoms with E-state index in [1.165, 1.54) is 31.7 Å². The highest BCUT2D eigenvalue weighted by atomic mass is 19.1. The van der Waals surface area contributed by atoms with Gasteiger partial charge in [0.25, 0.3) is 0 Å². The van der Waals surface area contributed by atoms with E-state index in [-0.39, 0.29) is 0 Å². The molecule has 1 saturated carbocycles. The second-order valence-electron chi connectivity index (χ2n) is 3.39. The molecular formula is C9H12FN3. The van der Waals surface area contributed by atoms with Gasteiger partial charge in [-0.25, -0.2) is 9.97 Å². The Morgan fingerprint density at radius 2 is 2.23 bits per heavy atom. The molecule has 2 rings (SSSR count). The third kappa shape index (κ3) is 1.61. The van der Waals surface area contributed by atoms with Crippen LogP contribution < -0.4 is 4.90 Å². The van der Waals surface area contributed by atoms with Crippen molar-refractivity contribution in [3.05, 3.63) is 18.3 Å². The van der Waals surface area contributed by atoms with Crippen molar-refractivity contribution in [2.45, 2.75) is 25.3 Å². The number of anilines is 1. The molecule has 1 aromatic heterocycles. The number of halogens is 1. The van der Waals surface area contributed by atoms with Gasteiger partial charge >= 0.3 is 0 Å². The molecule has 0 aliphatic heterocycles. The third-order valence-electron chi connectivity index (χ3n) is 2.60. The van der Waals surface area contributed by atoms with Gasteiger partial charge in [-0.2, -0.15) is 4.39 Å². The van der Waals surface area contributed by atoms with E-state index in [4.69, 9.17) is 0 Å². The molecule has 13 heavy (non-hydrogen) atoms. The van der Waals surface area contributed by atoms with Crippen molar-refractivity contribution in [2.75, 3.05) is 11.9 Å². The Morgan fingerprint density at radius 1 is 1.46 bits per heavy atom. The highest BCUT2D eigenvalue weighted by Gasteiger charge is 2.23. The van der Waals surface area contributed by atoms with Crippen LogP contribution in [0.15, 0.2) is 12.4 Å². The van der Waals surface area contributed by atoms with Gasteiger partial charge in [0.1, 0.15) is 12.1 Å². The molecule has 0 amide bonds. The zero-order chi connectivity index (χ0) is 9.26. The first-order valence-electron chi connectivity index (χ1n) is 4.48. The van der Waals surface area contributed by atoms with Crippen LogP contribution in [0.2, 0.25) is 0 Å². The van der Waals surface area contributed by atoms with Crippen LogP contribution in [0.3, 0.4) is 0 Å². The van der Waals surface area contributed by atoms with Gasteiger partial charge in [-0.1, -0.05) is 0 Å². The van der Waals surface area contributed by atoms with Crippen LogP contribution in [0, 0.1) is 5.95 Å². The van der Waals surface area contributed by atoms with Crippen molar-refractivity contribution in [1.29, 1.82) is 0 Å². The highest BCUT2D eigenvalue weighted by molar-refractivity contribution is 5.37. The lowest BCUT2D eigenvalue weighted by Gasteiger charge is -2.35. The van der Waals surface area contributed by atoms with Gasteiger partial charge in [0, 0.05) is 19.2 Å². The van der Waals surface area contributed by atoms with Crippen molar-refractivity contribution >= 4 is 5.82 Å². The monoisotopic (exact) mass is 181 g/mol. The molecule has 0 spiro atoms. The Labute approximate surface area is 76.6 Å². The summed E-state index contributed by atoms with van der Waals surface area (Å²) in [5.74, 6) is 0.216. The summed E-state index contributed by atoms with van der Waals surface area (Å²) in [7, 11) is 1.95. The molecule has 0 N–H and O–H groups in total. The lowest BCUT2D eigenvalue weighted by atomic mass is 9.92. The number of rotatable bonds is 2. The molecule has 0 unspecified atom stereocenters. The van der Waals surface area contributed by atoms with Crippen LogP contribution in [0.1, 0.15) is 19.3 Å². The average molecular weight is 181 g/mol. The smallest absolute Gasteiger partial charge is 0.218 e. The molecule has 1 aromatic rings. The molecule has 1 aliphatic rings. The van der Waals surface area contributed by atoms with Crippen molar-refractivity contribution in [3.63, 3.8) is 0 Å². The zero-order valence-corrected chi connectivity index (χ0v) is 7.57. The molecule has 1 aliphatic carbocycles. The van der Waals surface area contributed by atoms with E-state index >= 15 is 0 Å². The first-order chi connectivity index (χ1) is 6.27. The van der Waals surface area contributed by atoms with Gasteiger partial charge in [-0.3, -0.25) is 0 Å². The Morgan fingerprint density at radius 3 is 2.77 bits per heavy atom. The van der Waals surface area contributed by atoms with Gasteiger partial charge in [0.2, 0.25) is 5.95 Å². The van der Waals surface area contributed by atoms with Crippen molar-refractivity contribution in [1.82, 2.24) is 9.97 Å². The van der Waals surface area contributed by atoms with Gasteiger partial charge in [-0.05, 0) is 19.3 Å². The second kappa shape index (κ2) is 3.28. The van der Waals surface area contributed by atoms with E-state index in [0.29, 0.717) is 11.9 Å². The summed E-state index contributed by atoms with van der Waals surface area (Å²) >= 11 is 0. The van der Waals surface area contributed by atoms with E-state index in [0.717, 1.165) is 0 Å². The predicted molar refractivity (Wildman–Crippen MR) is 48.0 cm³/mol. The molecule has 1 heterocycles. The molecule has 70 valence electrons. The van der Waals surface area contributed by atoms with Gasteiger partial charge < -0.3 is 4.90 Å². The first-order valence-corrected chi connectivity index (χ1v) is 4.48. The Hall–Kier alpha value is -1.19. The van der Waals surface area contributed by atoms with E-state index in [2.05, 4.69) is 9.97 Å². The van der Waals surface area contributed by atoms with E-state index in [9.17, 15) is 4.39 Å². The lowest BCUT2D eigenvalue weighted by Crippen LogP contribution is -2.37. The maximum absolute atomic E-state index is 12.7. The molecule has 0 bridgehead atoms. The van der Waals surface area contributed by atoms with Crippen molar-refractivity contribution < 1.29 is 4.39 Å². The molecule has 4 heteroatoms. The second-order valence-corrected chi connectivity index (χ2v) is 3.39. The van der Waals surface area contributed by atoms with Crippen molar-refractivity contribution in [2.24, 2.45) is 0 Å². The maximum atomic E-state index is 12.7. The molecular weight excluding hydrogens is 169 g/mol. The fourth-order valence-electron chi connectivity index (χ4n) is 1.48. The fraction of sp³-hybridized carbons (Fsp3) is 0.556. The maximum Gasteiger partial charge on any atom is 0.218 e. The van der Waals surface area contributed by atoms with Gasteiger partial charge in [-0.15, -0.1) is 0 Å². The Balaban J connectivity index is 2.14. The predicted octanol–water partition coefficient (Wildman–Crippen LogP) is 1.60. The molecule has 0 aromatic carbocycles. The SMILES string of the molecule is CN(c1cc(F)ncn1)C1CCC1. The van der Waals surface area contributed by atoms with Crippen molar-refractivity contribution in [3.8, 4) is 0 Å². The van der Waals surface area contributed by atoms with E-state index in [1.807, 2.05) is 11.9 Å². The molecule has 0 atom stereocenters. The topological polar surface area (TPSA) is 29.0 Å². The largest absolute Gasteiger partial charge is 0.357 e. The van der Waals surface area contributed by atoms with E-state index in [1.54, 1.807) is 0 Å².